The summed E-state index contributed by atoms with van der Waals surface area (Å²) in [6.07, 6.45) is 2.34. The molecule has 0 spiro atoms. The Morgan fingerprint density at radius 1 is 1.47 bits per heavy atom. The van der Waals surface area contributed by atoms with Crippen LogP contribution in [0.4, 0.5) is 0 Å². The Morgan fingerprint density at radius 3 is 3.18 bits per heavy atom. The number of oxazole rings is 1. The van der Waals surface area contributed by atoms with Gasteiger partial charge in [-0.05, 0) is 18.6 Å². The molecule has 0 saturated heterocycles. The monoisotopic (exact) mass is 235 g/mol. The first-order valence-electron chi connectivity index (χ1n) is 5.33. The molecule has 2 rings (SSSR count). The van der Waals surface area contributed by atoms with E-state index in [4.69, 9.17) is 9.15 Å². The average molecular weight is 235 g/mol. The molecule has 0 fully saturated rings. The molecule has 0 unspecified atom stereocenters. The van der Waals surface area contributed by atoms with Gasteiger partial charge in [-0.15, -0.1) is 0 Å². The number of para-hydroxylation sites is 1. The van der Waals surface area contributed by atoms with Crippen LogP contribution in [-0.2, 0) is 9.53 Å². The van der Waals surface area contributed by atoms with Crippen LogP contribution in [0, 0.1) is 0 Å². The van der Waals surface area contributed by atoms with Gasteiger partial charge in [-0.2, -0.15) is 0 Å². The molecule has 90 valence electrons. The Labute approximate surface area is 98.3 Å². The SMILES string of the molecule is COC(=O)CCCOc1cccc2ncoc12. The van der Waals surface area contributed by atoms with E-state index in [0.29, 0.717) is 30.8 Å². The maximum Gasteiger partial charge on any atom is 0.305 e. The molecule has 0 radical (unpaired) electrons. The van der Waals surface area contributed by atoms with Gasteiger partial charge in [-0.3, -0.25) is 4.79 Å². The number of carbonyl (C=O) groups is 1. The topological polar surface area (TPSA) is 61.6 Å². The summed E-state index contributed by atoms with van der Waals surface area (Å²) < 4.78 is 15.3. The van der Waals surface area contributed by atoms with Crippen LogP contribution in [0.5, 0.6) is 5.75 Å². The number of rotatable bonds is 5. The number of carbonyl (C=O) groups excluding carboxylic acids is 1. The standard InChI is InChI=1S/C12H13NO4/c1-15-11(14)6-3-7-16-10-5-2-4-9-12(10)17-8-13-9/h2,4-5,8H,3,6-7H2,1H3. The fraction of sp³-hybridized carbons (Fsp3) is 0.333. The molecule has 0 atom stereocenters. The third-order valence-electron chi connectivity index (χ3n) is 2.33. The molecule has 1 heterocycles. The minimum atomic E-state index is -0.230. The summed E-state index contributed by atoms with van der Waals surface area (Å²) in [5.41, 5.74) is 1.39. The molecular weight excluding hydrogens is 222 g/mol. The number of methoxy groups -OCH3 is 1. The minimum absolute atomic E-state index is 0.230. The van der Waals surface area contributed by atoms with E-state index in [0.717, 1.165) is 5.52 Å². The van der Waals surface area contributed by atoms with Crippen LogP contribution in [0.3, 0.4) is 0 Å². The fourth-order valence-corrected chi connectivity index (χ4v) is 1.47. The maximum absolute atomic E-state index is 10.9. The van der Waals surface area contributed by atoms with Gasteiger partial charge >= 0.3 is 5.97 Å². The van der Waals surface area contributed by atoms with Gasteiger partial charge in [-0.25, -0.2) is 4.98 Å². The molecule has 0 amide bonds. The Kier molecular flexibility index (Phi) is 3.59. The van der Waals surface area contributed by atoms with E-state index in [1.165, 1.54) is 13.5 Å². The van der Waals surface area contributed by atoms with E-state index in [1.807, 2.05) is 18.2 Å². The Morgan fingerprint density at radius 2 is 2.35 bits per heavy atom. The largest absolute Gasteiger partial charge is 0.490 e. The molecule has 0 saturated carbocycles. The van der Waals surface area contributed by atoms with Crippen LogP contribution in [0.1, 0.15) is 12.8 Å². The quantitative estimate of drug-likeness (QED) is 0.587. The van der Waals surface area contributed by atoms with Gasteiger partial charge in [0.2, 0.25) is 0 Å². The highest BCUT2D eigenvalue weighted by molar-refractivity contribution is 5.78. The van der Waals surface area contributed by atoms with Crippen LogP contribution >= 0.6 is 0 Å². The van der Waals surface area contributed by atoms with Crippen LogP contribution in [-0.4, -0.2) is 24.7 Å². The summed E-state index contributed by atoms with van der Waals surface area (Å²) >= 11 is 0. The first-order valence-corrected chi connectivity index (χ1v) is 5.33. The number of nitrogens with zero attached hydrogens (tertiary/aromatic N) is 1. The van der Waals surface area contributed by atoms with Crippen molar-refractivity contribution in [2.24, 2.45) is 0 Å². The van der Waals surface area contributed by atoms with Crippen LogP contribution < -0.4 is 4.74 Å². The number of esters is 1. The second-order valence-electron chi connectivity index (χ2n) is 3.48. The number of ether oxygens (including phenoxy) is 2. The van der Waals surface area contributed by atoms with Gasteiger partial charge in [0.1, 0.15) is 5.52 Å². The third kappa shape index (κ3) is 2.75. The lowest BCUT2D eigenvalue weighted by atomic mass is 10.3. The summed E-state index contributed by atoms with van der Waals surface area (Å²) in [5, 5.41) is 0. The Hall–Kier alpha value is -2.04. The molecule has 2 aromatic rings. The zero-order valence-corrected chi connectivity index (χ0v) is 9.51. The minimum Gasteiger partial charge on any atom is -0.490 e. The van der Waals surface area contributed by atoms with Crippen molar-refractivity contribution in [3.05, 3.63) is 24.6 Å². The van der Waals surface area contributed by atoms with Gasteiger partial charge in [-0.1, -0.05) is 6.07 Å². The van der Waals surface area contributed by atoms with Crippen molar-refractivity contribution in [2.45, 2.75) is 12.8 Å². The molecule has 5 heteroatoms. The lowest BCUT2D eigenvalue weighted by Gasteiger charge is -2.05. The molecule has 1 aromatic heterocycles. The van der Waals surface area contributed by atoms with Crippen molar-refractivity contribution in [2.75, 3.05) is 13.7 Å². The summed E-state index contributed by atoms with van der Waals surface area (Å²) in [4.78, 5) is 14.9. The van der Waals surface area contributed by atoms with Crippen LogP contribution in [0.15, 0.2) is 29.0 Å². The molecule has 0 aliphatic heterocycles. The van der Waals surface area contributed by atoms with E-state index in [9.17, 15) is 4.79 Å². The van der Waals surface area contributed by atoms with E-state index in [2.05, 4.69) is 9.72 Å². The van der Waals surface area contributed by atoms with Crippen molar-refractivity contribution < 1.29 is 18.7 Å². The molecular formula is C12H13NO4. The van der Waals surface area contributed by atoms with Crippen LogP contribution in [0.25, 0.3) is 11.1 Å². The smallest absolute Gasteiger partial charge is 0.305 e. The number of aromatic nitrogens is 1. The number of fused-ring (bicyclic) bond motifs is 1. The molecule has 0 N–H and O–H groups in total. The van der Waals surface area contributed by atoms with E-state index in [-0.39, 0.29) is 5.97 Å². The van der Waals surface area contributed by atoms with Gasteiger partial charge in [0.05, 0.1) is 13.7 Å². The van der Waals surface area contributed by atoms with Crippen molar-refractivity contribution in [1.29, 1.82) is 0 Å². The van der Waals surface area contributed by atoms with E-state index < -0.39 is 0 Å². The lowest BCUT2D eigenvalue weighted by Crippen LogP contribution is -2.04. The molecule has 0 aliphatic rings. The van der Waals surface area contributed by atoms with Crippen LogP contribution in [0.2, 0.25) is 0 Å². The maximum atomic E-state index is 10.9. The first kappa shape index (κ1) is 11.4. The highest BCUT2D eigenvalue weighted by atomic mass is 16.5. The zero-order valence-electron chi connectivity index (χ0n) is 9.51. The second-order valence-corrected chi connectivity index (χ2v) is 3.48. The summed E-state index contributed by atoms with van der Waals surface area (Å²) in [6.45, 7) is 0.439. The molecule has 17 heavy (non-hydrogen) atoms. The Balaban J connectivity index is 1.91. The van der Waals surface area contributed by atoms with E-state index >= 15 is 0 Å². The number of hydrogen-bond donors (Lipinski definition) is 0. The van der Waals surface area contributed by atoms with Gasteiger partial charge in [0, 0.05) is 6.42 Å². The highest BCUT2D eigenvalue weighted by Crippen LogP contribution is 2.24. The Bertz CT molecular complexity index is 506. The van der Waals surface area contributed by atoms with Crippen molar-refractivity contribution in [3.8, 4) is 5.75 Å². The van der Waals surface area contributed by atoms with Crippen molar-refractivity contribution in [3.63, 3.8) is 0 Å². The van der Waals surface area contributed by atoms with Gasteiger partial charge in [0.15, 0.2) is 17.7 Å². The van der Waals surface area contributed by atoms with Gasteiger partial charge < -0.3 is 13.9 Å². The summed E-state index contributed by atoms with van der Waals surface area (Å²) in [5.74, 6) is 0.413. The molecule has 5 nitrogen and oxygen atoms in total. The molecule has 0 bridgehead atoms. The average Bonchev–Trinajstić information content (AvgIpc) is 2.83. The lowest BCUT2D eigenvalue weighted by molar-refractivity contribution is -0.140. The van der Waals surface area contributed by atoms with Crippen molar-refractivity contribution >= 4 is 17.1 Å². The third-order valence-corrected chi connectivity index (χ3v) is 2.33. The normalized spacial score (nSPS) is 10.4. The summed E-state index contributed by atoms with van der Waals surface area (Å²) in [7, 11) is 1.37. The van der Waals surface area contributed by atoms with E-state index in [1.54, 1.807) is 0 Å². The van der Waals surface area contributed by atoms with Gasteiger partial charge in [0.25, 0.3) is 0 Å². The molecule has 1 aromatic carbocycles. The zero-order chi connectivity index (χ0) is 12.1. The fourth-order valence-electron chi connectivity index (χ4n) is 1.47. The number of hydrogen-bond acceptors (Lipinski definition) is 5. The first-order chi connectivity index (χ1) is 8.31. The predicted octanol–water partition coefficient (Wildman–Crippen LogP) is 2.16. The predicted molar refractivity (Wildman–Crippen MR) is 60.8 cm³/mol. The second kappa shape index (κ2) is 5.34. The summed E-state index contributed by atoms with van der Waals surface area (Å²) in [6, 6.07) is 5.51. The number of benzene rings is 1. The highest BCUT2D eigenvalue weighted by Gasteiger charge is 2.06. The molecule has 0 aliphatic carbocycles. The van der Waals surface area contributed by atoms with Crippen molar-refractivity contribution in [1.82, 2.24) is 4.98 Å².